The number of pyridine rings is 1. The Kier molecular flexibility index (Phi) is 5.11. The molecule has 0 aliphatic rings. The first-order valence-corrected chi connectivity index (χ1v) is 10.1. The fourth-order valence-corrected chi connectivity index (χ4v) is 3.72. The van der Waals surface area contributed by atoms with Crippen LogP contribution < -0.4 is 10.1 Å². The molecule has 0 spiro atoms. The number of hydrogen-bond donors (Lipinski definition) is 2. The van der Waals surface area contributed by atoms with Gasteiger partial charge in [-0.3, -0.25) is 4.98 Å². The molecule has 154 valence electrons. The second-order valence-electron chi connectivity index (χ2n) is 6.89. The third kappa shape index (κ3) is 3.76. The highest BCUT2D eigenvalue weighted by molar-refractivity contribution is 6.32. The molecule has 0 saturated heterocycles. The van der Waals surface area contributed by atoms with Gasteiger partial charge in [-0.05, 0) is 48.5 Å². The van der Waals surface area contributed by atoms with Gasteiger partial charge in [0.2, 0.25) is 0 Å². The lowest BCUT2D eigenvalue weighted by Crippen LogP contribution is -2.04. The summed E-state index contributed by atoms with van der Waals surface area (Å²) in [6.45, 7) is 0.485. The van der Waals surface area contributed by atoms with Gasteiger partial charge in [0.15, 0.2) is 5.82 Å². The Morgan fingerprint density at radius 3 is 2.77 bits per heavy atom. The van der Waals surface area contributed by atoms with Crippen LogP contribution in [0, 0.1) is 0 Å². The standard InChI is InChI=1S/C23H18ClN5O2/c24-17-13-15(28-23-22-19(26-14-27-23)8-10-29(22)11-12-30)6-7-21(17)31-20-5-1-4-18-16(20)3-2-9-25-18/h1-10,13-14,30H,11-12H2,(H,26,27,28). The quantitative estimate of drug-likeness (QED) is 0.386. The summed E-state index contributed by atoms with van der Waals surface area (Å²) in [6.07, 6.45) is 5.13. The largest absolute Gasteiger partial charge is 0.455 e. The van der Waals surface area contributed by atoms with E-state index in [2.05, 4.69) is 20.3 Å². The molecule has 0 amide bonds. The number of hydrogen-bond acceptors (Lipinski definition) is 6. The summed E-state index contributed by atoms with van der Waals surface area (Å²) in [5.41, 5.74) is 3.22. The summed E-state index contributed by atoms with van der Waals surface area (Å²) in [6, 6.07) is 16.9. The Morgan fingerprint density at radius 2 is 1.90 bits per heavy atom. The van der Waals surface area contributed by atoms with E-state index in [0.29, 0.717) is 28.9 Å². The number of halogens is 1. The van der Waals surface area contributed by atoms with Crippen molar-refractivity contribution >= 4 is 45.0 Å². The van der Waals surface area contributed by atoms with Gasteiger partial charge in [0.05, 0.1) is 22.7 Å². The van der Waals surface area contributed by atoms with E-state index >= 15 is 0 Å². The van der Waals surface area contributed by atoms with Gasteiger partial charge in [-0.1, -0.05) is 17.7 Å². The van der Waals surface area contributed by atoms with Gasteiger partial charge in [0, 0.05) is 30.0 Å². The summed E-state index contributed by atoms with van der Waals surface area (Å²) in [5.74, 6) is 1.86. The molecule has 31 heavy (non-hydrogen) atoms. The zero-order valence-electron chi connectivity index (χ0n) is 16.4. The van der Waals surface area contributed by atoms with Crippen molar-refractivity contribution in [1.29, 1.82) is 0 Å². The highest BCUT2D eigenvalue weighted by atomic mass is 35.5. The molecule has 8 heteroatoms. The average Bonchev–Trinajstić information content (AvgIpc) is 3.20. The molecule has 0 aliphatic carbocycles. The van der Waals surface area contributed by atoms with Crippen molar-refractivity contribution in [3.8, 4) is 11.5 Å². The predicted molar refractivity (Wildman–Crippen MR) is 121 cm³/mol. The average molecular weight is 432 g/mol. The zero-order valence-corrected chi connectivity index (χ0v) is 17.1. The van der Waals surface area contributed by atoms with E-state index in [1.807, 2.05) is 59.3 Å². The molecule has 5 rings (SSSR count). The first-order chi connectivity index (χ1) is 15.2. The monoisotopic (exact) mass is 431 g/mol. The van der Waals surface area contributed by atoms with Crippen molar-refractivity contribution in [3.63, 3.8) is 0 Å². The number of fused-ring (bicyclic) bond motifs is 2. The molecule has 2 aromatic carbocycles. The number of aromatic nitrogens is 4. The van der Waals surface area contributed by atoms with Crippen LogP contribution in [0.25, 0.3) is 21.9 Å². The predicted octanol–water partition coefficient (Wildman–Crippen LogP) is 5.16. The highest BCUT2D eigenvalue weighted by Crippen LogP contribution is 2.35. The van der Waals surface area contributed by atoms with Crippen molar-refractivity contribution in [2.75, 3.05) is 11.9 Å². The molecule has 2 N–H and O–H groups in total. The van der Waals surface area contributed by atoms with Crippen molar-refractivity contribution in [1.82, 2.24) is 19.5 Å². The minimum Gasteiger partial charge on any atom is -0.455 e. The van der Waals surface area contributed by atoms with Crippen LogP contribution in [0.2, 0.25) is 5.02 Å². The van der Waals surface area contributed by atoms with E-state index in [1.165, 1.54) is 6.33 Å². The van der Waals surface area contributed by atoms with Crippen LogP contribution in [0.1, 0.15) is 0 Å². The first kappa shape index (κ1) is 19.3. The van der Waals surface area contributed by atoms with Crippen LogP contribution in [0.15, 0.2) is 73.3 Å². The molecular formula is C23H18ClN5O2. The van der Waals surface area contributed by atoms with E-state index in [-0.39, 0.29) is 6.61 Å². The summed E-state index contributed by atoms with van der Waals surface area (Å²) in [7, 11) is 0. The Labute approximate surface area is 182 Å². The minimum absolute atomic E-state index is 0.0274. The third-order valence-electron chi connectivity index (χ3n) is 4.91. The summed E-state index contributed by atoms with van der Waals surface area (Å²) in [5, 5.41) is 14.0. The van der Waals surface area contributed by atoms with Gasteiger partial charge < -0.3 is 19.7 Å². The van der Waals surface area contributed by atoms with Crippen molar-refractivity contribution in [3.05, 3.63) is 78.3 Å². The molecular weight excluding hydrogens is 414 g/mol. The van der Waals surface area contributed by atoms with Gasteiger partial charge in [-0.15, -0.1) is 0 Å². The van der Waals surface area contributed by atoms with Gasteiger partial charge in [-0.25, -0.2) is 9.97 Å². The molecule has 0 atom stereocenters. The molecule has 0 fully saturated rings. The SMILES string of the molecule is OCCn1ccc2ncnc(Nc3ccc(Oc4cccc5ncccc45)c(Cl)c3)c21. The maximum Gasteiger partial charge on any atom is 0.158 e. The first-order valence-electron chi connectivity index (χ1n) is 9.72. The van der Waals surface area contributed by atoms with Crippen LogP contribution in [0.5, 0.6) is 11.5 Å². The maximum atomic E-state index is 9.31. The van der Waals surface area contributed by atoms with Gasteiger partial charge in [-0.2, -0.15) is 0 Å². The number of rotatable bonds is 6. The molecule has 5 aromatic rings. The van der Waals surface area contributed by atoms with E-state index < -0.39 is 0 Å². The maximum absolute atomic E-state index is 9.31. The van der Waals surface area contributed by atoms with Crippen molar-refractivity contribution < 1.29 is 9.84 Å². The van der Waals surface area contributed by atoms with Crippen LogP contribution in [-0.2, 0) is 6.54 Å². The molecule has 7 nitrogen and oxygen atoms in total. The molecule has 0 radical (unpaired) electrons. The van der Waals surface area contributed by atoms with Crippen LogP contribution in [0.4, 0.5) is 11.5 Å². The van der Waals surface area contributed by atoms with E-state index in [4.69, 9.17) is 16.3 Å². The van der Waals surface area contributed by atoms with Crippen LogP contribution >= 0.6 is 11.6 Å². The third-order valence-corrected chi connectivity index (χ3v) is 5.21. The van der Waals surface area contributed by atoms with Gasteiger partial charge in [0.1, 0.15) is 23.3 Å². The number of aliphatic hydroxyl groups excluding tert-OH is 1. The van der Waals surface area contributed by atoms with Crippen LogP contribution in [-0.4, -0.2) is 31.2 Å². The minimum atomic E-state index is 0.0274. The Morgan fingerprint density at radius 1 is 0.968 bits per heavy atom. The fraction of sp³-hybridized carbons (Fsp3) is 0.0870. The van der Waals surface area contributed by atoms with E-state index in [0.717, 1.165) is 27.6 Å². The highest BCUT2D eigenvalue weighted by Gasteiger charge is 2.12. The van der Waals surface area contributed by atoms with E-state index in [9.17, 15) is 5.11 Å². The van der Waals surface area contributed by atoms with Gasteiger partial charge >= 0.3 is 0 Å². The van der Waals surface area contributed by atoms with E-state index in [1.54, 1.807) is 12.3 Å². The topological polar surface area (TPSA) is 85.1 Å². The molecule has 0 bridgehead atoms. The Bertz CT molecular complexity index is 1380. The molecule has 0 saturated carbocycles. The Balaban J connectivity index is 1.44. The van der Waals surface area contributed by atoms with Crippen molar-refractivity contribution in [2.45, 2.75) is 6.54 Å². The molecule has 0 aliphatic heterocycles. The lowest BCUT2D eigenvalue weighted by atomic mass is 10.2. The summed E-state index contributed by atoms with van der Waals surface area (Å²) < 4.78 is 7.99. The fourth-order valence-electron chi connectivity index (χ4n) is 3.50. The van der Waals surface area contributed by atoms with Gasteiger partial charge in [0.25, 0.3) is 0 Å². The van der Waals surface area contributed by atoms with Crippen molar-refractivity contribution in [2.24, 2.45) is 0 Å². The number of benzene rings is 2. The zero-order chi connectivity index (χ0) is 21.2. The molecule has 0 unspecified atom stereocenters. The number of aliphatic hydroxyl groups is 1. The number of ether oxygens (including phenoxy) is 1. The number of nitrogens with one attached hydrogen (secondary N) is 1. The second-order valence-corrected chi connectivity index (χ2v) is 7.29. The summed E-state index contributed by atoms with van der Waals surface area (Å²) in [4.78, 5) is 13.0. The number of anilines is 2. The second kappa shape index (κ2) is 8.22. The number of nitrogens with zero attached hydrogens (tertiary/aromatic N) is 4. The molecule has 3 aromatic heterocycles. The Hall–Kier alpha value is -3.68. The lowest BCUT2D eigenvalue weighted by molar-refractivity contribution is 0.278. The normalized spacial score (nSPS) is 11.2. The smallest absolute Gasteiger partial charge is 0.158 e. The molecule has 3 heterocycles. The van der Waals surface area contributed by atoms with Crippen LogP contribution in [0.3, 0.4) is 0 Å². The lowest BCUT2D eigenvalue weighted by Gasteiger charge is -2.13. The summed E-state index contributed by atoms with van der Waals surface area (Å²) >= 11 is 6.52.